The summed E-state index contributed by atoms with van der Waals surface area (Å²) in [7, 11) is 0. The van der Waals surface area contributed by atoms with Crippen molar-refractivity contribution in [2.45, 2.75) is 25.7 Å². The van der Waals surface area contributed by atoms with Crippen LogP contribution in [0.15, 0.2) is 54.7 Å². The highest BCUT2D eigenvalue weighted by Crippen LogP contribution is 2.32. The lowest BCUT2D eigenvalue weighted by molar-refractivity contribution is -0.103. The number of nitrogens with two attached hydrogens (primary N) is 2. The lowest BCUT2D eigenvalue weighted by Gasteiger charge is -2.25. The van der Waals surface area contributed by atoms with Crippen molar-refractivity contribution in [3.05, 3.63) is 71.4 Å². The average Bonchev–Trinajstić information content (AvgIpc) is 3.03. The minimum Gasteiger partial charge on any atom is -0.404 e. The molecule has 1 unspecified atom stereocenters. The molecule has 0 saturated carbocycles. The van der Waals surface area contributed by atoms with Crippen molar-refractivity contribution in [2.75, 3.05) is 31.1 Å². The van der Waals surface area contributed by atoms with Crippen LogP contribution in [0, 0.1) is 5.92 Å². The topological polar surface area (TPSA) is 75.2 Å². The van der Waals surface area contributed by atoms with Gasteiger partial charge in [-0.05, 0) is 67.0 Å². The second kappa shape index (κ2) is 9.16. The van der Waals surface area contributed by atoms with E-state index in [1.165, 1.54) is 17.7 Å². The maximum absolute atomic E-state index is 12.8. The lowest BCUT2D eigenvalue weighted by atomic mass is 9.99. The summed E-state index contributed by atoms with van der Waals surface area (Å²) in [4.78, 5) is 17.3. The molecule has 1 amide bonds. The van der Waals surface area contributed by atoms with Crippen LogP contribution in [-0.4, -0.2) is 43.2 Å². The van der Waals surface area contributed by atoms with Gasteiger partial charge in [0.15, 0.2) is 6.21 Å². The fourth-order valence-corrected chi connectivity index (χ4v) is 4.71. The summed E-state index contributed by atoms with van der Waals surface area (Å²) in [6, 6.07) is 16.2. The molecule has 0 spiro atoms. The van der Waals surface area contributed by atoms with Gasteiger partial charge in [0.25, 0.3) is 5.91 Å². The van der Waals surface area contributed by atoms with E-state index < -0.39 is 0 Å². The van der Waals surface area contributed by atoms with Gasteiger partial charge in [-0.2, -0.15) is 0 Å². The fraction of sp³-hybridized carbons (Fsp3) is 0.360. The Kier molecular flexibility index (Phi) is 6.17. The van der Waals surface area contributed by atoms with Crippen molar-refractivity contribution in [1.29, 1.82) is 0 Å². The molecule has 0 bridgehead atoms. The van der Waals surface area contributed by atoms with Gasteiger partial charge in [-0.15, -0.1) is 0 Å². The first-order chi connectivity index (χ1) is 14.7. The predicted octanol–water partition coefficient (Wildman–Crippen LogP) is 2.12. The van der Waals surface area contributed by atoms with Crippen molar-refractivity contribution in [3.8, 4) is 0 Å². The van der Waals surface area contributed by atoms with Gasteiger partial charge in [0.1, 0.15) is 0 Å². The van der Waals surface area contributed by atoms with E-state index in [9.17, 15) is 4.79 Å². The number of allylic oxidation sites excluding steroid dienone is 1. The van der Waals surface area contributed by atoms with Crippen molar-refractivity contribution in [3.63, 3.8) is 0 Å². The normalized spacial score (nSPS) is 19.3. The Labute approximate surface area is 178 Å². The molecule has 1 fully saturated rings. The van der Waals surface area contributed by atoms with Crippen molar-refractivity contribution < 1.29 is 10.2 Å². The van der Waals surface area contributed by atoms with E-state index in [0.717, 1.165) is 62.1 Å². The van der Waals surface area contributed by atoms with Crippen molar-refractivity contribution in [1.82, 2.24) is 4.90 Å². The second-order valence-electron chi connectivity index (χ2n) is 8.28. The minimum atomic E-state index is 0.163. The maximum Gasteiger partial charge on any atom is 0.253 e. The number of carbonyl (C=O) groups excluding carboxylic acids is 1. The summed E-state index contributed by atoms with van der Waals surface area (Å²) in [5, 5.41) is 5.68. The molecule has 30 heavy (non-hydrogen) atoms. The summed E-state index contributed by atoms with van der Waals surface area (Å²) >= 11 is 0. The molecule has 0 radical (unpaired) electrons. The summed E-state index contributed by atoms with van der Waals surface area (Å²) in [5.41, 5.74) is 11.1. The molecule has 4 N–H and O–H groups in total. The lowest BCUT2D eigenvalue weighted by Crippen LogP contribution is -2.32. The van der Waals surface area contributed by atoms with Crippen LogP contribution in [0.1, 0.15) is 40.7 Å². The standard InChI is InChI=1S/C25H30N4O/c26-16-23(17-27)21-8-9-24-22(15-21)11-14-29(24)18-19-5-4-12-28(13-10-19)25(30)20-6-2-1-3-7-20/h1-3,6-9,15-17,19,26H,4-5,10-14,18,27H2/p+1/b23-17+,26-16?. The molecule has 2 heterocycles. The van der Waals surface area contributed by atoms with Gasteiger partial charge in [0.2, 0.25) is 0 Å². The van der Waals surface area contributed by atoms with Gasteiger partial charge in [-0.25, -0.2) is 0 Å². The summed E-state index contributed by atoms with van der Waals surface area (Å²) in [6.45, 7) is 3.81. The van der Waals surface area contributed by atoms with E-state index in [0.29, 0.717) is 5.92 Å². The largest absolute Gasteiger partial charge is 0.404 e. The molecule has 0 aliphatic carbocycles. The number of amides is 1. The molecular weight excluding hydrogens is 372 g/mol. The van der Waals surface area contributed by atoms with E-state index in [4.69, 9.17) is 11.1 Å². The molecule has 1 atom stereocenters. The second-order valence-corrected chi connectivity index (χ2v) is 8.28. The SMILES string of the molecule is N/C=C(\C=[NH2+])c1ccc2c(c1)CCN2CC1CCCN(C(=O)c2ccccc2)CC1. The Balaban J connectivity index is 1.38. The monoisotopic (exact) mass is 403 g/mol. The Morgan fingerprint density at radius 2 is 1.90 bits per heavy atom. The quantitative estimate of drug-likeness (QED) is 0.751. The highest BCUT2D eigenvalue weighted by Gasteiger charge is 2.26. The third kappa shape index (κ3) is 4.25. The van der Waals surface area contributed by atoms with E-state index in [-0.39, 0.29) is 5.91 Å². The molecule has 4 rings (SSSR count). The molecule has 0 aromatic heterocycles. The molecule has 156 valence electrons. The van der Waals surface area contributed by atoms with E-state index in [1.54, 1.807) is 12.4 Å². The van der Waals surface area contributed by atoms with E-state index in [1.807, 2.05) is 35.2 Å². The molecule has 5 nitrogen and oxygen atoms in total. The number of fused-ring (bicyclic) bond motifs is 1. The average molecular weight is 404 g/mol. The molecule has 2 aliphatic heterocycles. The predicted molar refractivity (Wildman–Crippen MR) is 122 cm³/mol. The van der Waals surface area contributed by atoms with Crippen LogP contribution >= 0.6 is 0 Å². The smallest absolute Gasteiger partial charge is 0.253 e. The minimum absolute atomic E-state index is 0.163. The maximum atomic E-state index is 12.8. The zero-order chi connectivity index (χ0) is 20.9. The van der Waals surface area contributed by atoms with E-state index >= 15 is 0 Å². The summed E-state index contributed by atoms with van der Waals surface area (Å²) < 4.78 is 0. The number of hydrogen-bond donors (Lipinski definition) is 2. The molecular formula is C25H31N4O+. The number of likely N-dealkylation sites (tertiary alicyclic amines) is 1. The van der Waals surface area contributed by atoms with Crippen molar-refractivity contribution >= 4 is 23.4 Å². The van der Waals surface area contributed by atoms with Crippen LogP contribution in [0.4, 0.5) is 5.69 Å². The van der Waals surface area contributed by atoms with Gasteiger partial charge in [-0.1, -0.05) is 24.3 Å². The van der Waals surface area contributed by atoms with Crippen LogP contribution in [0.5, 0.6) is 0 Å². The van der Waals surface area contributed by atoms with Gasteiger partial charge in [0.05, 0.1) is 5.57 Å². The number of carbonyl (C=O) groups is 1. The van der Waals surface area contributed by atoms with Gasteiger partial charge < -0.3 is 15.5 Å². The number of nitrogens with zero attached hydrogens (tertiary/aromatic N) is 2. The first-order valence-electron chi connectivity index (χ1n) is 10.9. The van der Waals surface area contributed by atoms with Crippen molar-refractivity contribution in [2.24, 2.45) is 11.7 Å². The Bertz CT molecular complexity index is 937. The highest BCUT2D eigenvalue weighted by molar-refractivity contribution is 6.06. The van der Waals surface area contributed by atoms with Gasteiger partial charge in [0, 0.05) is 43.6 Å². The molecule has 2 aromatic rings. The number of benzene rings is 2. The summed E-state index contributed by atoms with van der Waals surface area (Å²) in [5.74, 6) is 0.775. The van der Waals surface area contributed by atoms with Crippen LogP contribution < -0.4 is 16.0 Å². The third-order valence-corrected chi connectivity index (χ3v) is 6.40. The fourth-order valence-electron chi connectivity index (χ4n) is 4.71. The number of hydrogen-bond acceptors (Lipinski definition) is 3. The number of rotatable bonds is 5. The molecule has 2 aromatic carbocycles. The van der Waals surface area contributed by atoms with Crippen LogP contribution in [0.3, 0.4) is 0 Å². The zero-order valence-electron chi connectivity index (χ0n) is 17.5. The number of anilines is 1. The van der Waals surface area contributed by atoms with Crippen LogP contribution in [0.25, 0.3) is 5.57 Å². The Morgan fingerprint density at radius 1 is 1.07 bits per heavy atom. The van der Waals surface area contributed by atoms with Gasteiger partial charge >= 0.3 is 0 Å². The van der Waals surface area contributed by atoms with E-state index in [2.05, 4.69) is 23.1 Å². The van der Waals surface area contributed by atoms with Crippen LogP contribution in [0.2, 0.25) is 0 Å². The Hall–Kier alpha value is -3.08. The third-order valence-electron chi connectivity index (χ3n) is 6.40. The highest BCUT2D eigenvalue weighted by atomic mass is 16.2. The first kappa shape index (κ1) is 20.2. The summed E-state index contributed by atoms with van der Waals surface area (Å²) in [6.07, 6.45) is 7.47. The molecule has 2 aliphatic rings. The van der Waals surface area contributed by atoms with Crippen LogP contribution in [-0.2, 0) is 6.42 Å². The molecule has 5 heteroatoms. The first-order valence-corrected chi connectivity index (χ1v) is 10.9. The Morgan fingerprint density at radius 3 is 2.67 bits per heavy atom. The molecule has 1 saturated heterocycles. The zero-order valence-corrected chi connectivity index (χ0v) is 17.5. The van der Waals surface area contributed by atoms with Gasteiger partial charge in [-0.3, -0.25) is 10.2 Å².